The lowest BCUT2D eigenvalue weighted by molar-refractivity contribution is -0.384. The highest BCUT2D eigenvalue weighted by atomic mass is 16.6. The van der Waals surface area contributed by atoms with Crippen molar-refractivity contribution in [1.29, 1.82) is 0 Å². The van der Waals surface area contributed by atoms with Crippen molar-refractivity contribution in [3.8, 4) is 5.75 Å². The molecule has 1 unspecified atom stereocenters. The molecule has 0 aromatic heterocycles. The minimum Gasteiger partial charge on any atom is -0.496 e. The molecule has 2 rings (SSSR count). The van der Waals surface area contributed by atoms with Crippen LogP contribution in [0.5, 0.6) is 5.75 Å². The summed E-state index contributed by atoms with van der Waals surface area (Å²) in [4.78, 5) is 10.5. The number of aryl methyl sites for hydroxylation is 1. The van der Waals surface area contributed by atoms with Gasteiger partial charge in [-0.2, -0.15) is 0 Å². The van der Waals surface area contributed by atoms with Gasteiger partial charge < -0.3 is 10.5 Å². The van der Waals surface area contributed by atoms with Crippen molar-refractivity contribution in [2.45, 2.75) is 13.0 Å². The number of ether oxygens (including phenoxy) is 1. The van der Waals surface area contributed by atoms with Crippen molar-refractivity contribution < 1.29 is 9.66 Å². The van der Waals surface area contributed by atoms with Crippen LogP contribution in [-0.4, -0.2) is 12.0 Å². The van der Waals surface area contributed by atoms with E-state index >= 15 is 0 Å². The summed E-state index contributed by atoms with van der Waals surface area (Å²) in [5, 5.41) is 10.9. The molecule has 0 amide bonds. The summed E-state index contributed by atoms with van der Waals surface area (Å²) >= 11 is 0. The number of nitrogens with zero attached hydrogens (tertiary/aromatic N) is 1. The van der Waals surface area contributed by atoms with Gasteiger partial charge in [0.05, 0.1) is 18.1 Å². The zero-order valence-electron chi connectivity index (χ0n) is 11.4. The predicted octanol–water partition coefficient (Wildman–Crippen LogP) is 2.96. The van der Waals surface area contributed by atoms with Crippen LogP contribution in [0.1, 0.15) is 22.7 Å². The van der Waals surface area contributed by atoms with Gasteiger partial charge in [0.15, 0.2) is 0 Å². The molecule has 20 heavy (non-hydrogen) atoms. The lowest BCUT2D eigenvalue weighted by Crippen LogP contribution is -2.13. The minimum atomic E-state index is -0.468. The van der Waals surface area contributed by atoms with Crippen molar-refractivity contribution >= 4 is 5.69 Å². The van der Waals surface area contributed by atoms with E-state index in [-0.39, 0.29) is 5.69 Å². The Kier molecular flexibility index (Phi) is 4.00. The van der Waals surface area contributed by atoms with E-state index < -0.39 is 11.0 Å². The van der Waals surface area contributed by atoms with Crippen molar-refractivity contribution in [3.05, 3.63) is 69.3 Å². The Labute approximate surface area is 117 Å². The van der Waals surface area contributed by atoms with E-state index in [0.717, 1.165) is 11.1 Å². The molecule has 0 aliphatic heterocycles. The molecule has 2 aromatic carbocycles. The van der Waals surface area contributed by atoms with Gasteiger partial charge in [-0.05, 0) is 18.6 Å². The summed E-state index contributed by atoms with van der Waals surface area (Å²) in [5.41, 5.74) is 8.81. The predicted molar refractivity (Wildman–Crippen MR) is 76.9 cm³/mol. The Balaban J connectivity index is 2.49. The maximum Gasteiger partial charge on any atom is 0.270 e. The molecule has 0 saturated heterocycles. The number of methoxy groups -OCH3 is 1. The maximum absolute atomic E-state index is 10.9. The molecule has 5 nitrogen and oxygen atoms in total. The van der Waals surface area contributed by atoms with Gasteiger partial charge in [-0.3, -0.25) is 10.1 Å². The monoisotopic (exact) mass is 272 g/mol. The van der Waals surface area contributed by atoms with Crippen LogP contribution in [0.2, 0.25) is 0 Å². The first-order valence-electron chi connectivity index (χ1n) is 6.17. The number of benzene rings is 2. The van der Waals surface area contributed by atoms with Gasteiger partial charge in [0.2, 0.25) is 0 Å². The summed E-state index contributed by atoms with van der Waals surface area (Å²) < 4.78 is 5.25. The van der Waals surface area contributed by atoms with E-state index in [0.29, 0.717) is 11.3 Å². The number of rotatable bonds is 4. The first kappa shape index (κ1) is 14.0. The average Bonchev–Trinajstić information content (AvgIpc) is 2.45. The number of nitro groups is 1. The van der Waals surface area contributed by atoms with Crippen LogP contribution >= 0.6 is 0 Å². The van der Waals surface area contributed by atoms with E-state index in [2.05, 4.69) is 0 Å². The molecule has 0 heterocycles. The minimum absolute atomic E-state index is 0.00361. The third-order valence-electron chi connectivity index (χ3n) is 3.16. The maximum atomic E-state index is 10.9. The second kappa shape index (κ2) is 5.71. The number of non-ortho nitro benzene ring substituents is 1. The van der Waals surface area contributed by atoms with Crippen LogP contribution in [0.15, 0.2) is 42.5 Å². The van der Waals surface area contributed by atoms with Crippen LogP contribution in [0.4, 0.5) is 5.69 Å². The molecule has 0 saturated carbocycles. The molecule has 2 N–H and O–H groups in total. The van der Waals surface area contributed by atoms with Crippen molar-refractivity contribution in [3.63, 3.8) is 0 Å². The second-order valence-electron chi connectivity index (χ2n) is 4.58. The molecule has 104 valence electrons. The quantitative estimate of drug-likeness (QED) is 0.685. The summed E-state index contributed by atoms with van der Waals surface area (Å²) in [6.45, 7) is 1.97. The van der Waals surface area contributed by atoms with Gasteiger partial charge in [0, 0.05) is 17.7 Å². The molecule has 0 aliphatic rings. The number of nitrogens with two attached hydrogens (primary N) is 1. The van der Waals surface area contributed by atoms with Gasteiger partial charge in [-0.15, -0.1) is 0 Å². The molecule has 0 bridgehead atoms. The van der Waals surface area contributed by atoms with Crippen LogP contribution in [0.3, 0.4) is 0 Å². The first-order chi connectivity index (χ1) is 9.52. The van der Waals surface area contributed by atoms with E-state index in [1.54, 1.807) is 6.07 Å². The van der Waals surface area contributed by atoms with Gasteiger partial charge >= 0.3 is 0 Å². The topological polar surface area (TPSA) is 78.4 Å². The van der Waals surface area contributed by atoms with E-state index in [4.69, 9.17) is 10.5 Å². The van der Waals surface area contributed by atoms with Gasteiger partial charge in [-0.25, -0.2) is 0 Å². The highest BCUT2D eigenvalue weighted by molar-refractivity contribution is 5.48. The lowest BCUT2D eigenvalue weighted by Gasteiger charge is -2.16. The van der Waals surface area contributed by atoms with Crippen molar-refractivity contribution in [1.82, 2.24) is 0 Å². The summed E-state index contributed by atoms with van der Waals surface area (Å²) in [7, 11) is 1.52. The molecule has 0 radical (unpaired) electrons. The molecule has 1 atom stereocenters. The molecule has 5 heteroatoms. The highest BCUT2D eigenvalue weighted by Crippen LogP contribution is 2.31. The molecular weight excluding hydrogens is 256 g/mol. The largest absolute Gasteiger partial charge is 0.496 e. The lowest BCUT2D eigenvalue weighted by atomic mass is 9.97. The molecule has 0 fully saturated rings. The fourth-order valence-electron chi connectivity index (χ4n) is 2.12. The Hall–Kier alpha value is -2.40. The molecule has 0 aliphatic carbocycles. The summed E-state index contributed by atoms with van der Waals surface area (Å²) in [6, 6.07) is 11.7. The normalized spacial score (nSPS) is 11.9. The smallest absolute Gasteiger partial charge is 0.270 e. The third-order valence-corrected chi connectivity index (χ3v) is 3.16. The van der Waals surface area contributed by atoms with E-state index in [1.165, 1.54) is 19.2 Å². The molecular formula is C15H16N2O3. The summed E-state index contributed by atoms with van der Waals surface area (Å²) in [6.07, 6.45) is 0. The first-order valence-corrected chi connectivity index (χ1v) is 6.17. The molecule has 0 spiro atoms. The molecule has 2 aromatic rings. The van der Waals surface area contributed by atoms with E-state index in [9.17, 15) is 10.1 Å². The highest BCUT2D eigenvalue weighted by Gasteiger charge is 2.18. The van der Waals surface area contributed by atoms with Crippen LogP contribution < -0.4 is 10.5 Å². The fraction of sp³-hybridized carbons (Fsp3) is 0.200. The van der Waals surface area contributed by atoms with Gasteiger partial charge in [-0.1, -0.05) is 29.8 Å². The van der Waals surface area contributed by atoms with E-state index in [1.807, 2.05) is 31.2 Å². The Morgan fingerprint density at radius 2 is 2.00 bits per heavy atom. The third kappa shape index (κ3) is 2.78. The SMILES string of the molecule is COc1ccc([N+](=O)[O-])cc1C(N)c1cccc(C)c1. The number of hydrogen-bond acceptors (Lipinski definition) is 4. The zero-order chi connectivity index (χ0) is 14.7. The number of nitro benzene ring substituents is 1. The van der Waals surface area contributed by atoms with Crippen molar-refractivity contribution in [2.75, 3.05) is 7.11 Å². The number of hydrogen-bond donors (Lipinski definition) is 1. The van der Waals surface area contributed by atoms with Crippen LogP contribution in [0, 0.1) is 17.0 Å². The summed E-state index contributed by atoms with van der Waals surface area (Å²) in [5.74, 6) is 0.546. The average molecular weight is 272 g/mol. The van der Waals surface area contributed by atoms with Gasteiger partial charge in [0.25, 0.3) is 5.69 Å². The Bertz CT molecular complexity index is 641. The van der Waals surface area contributed by atoms with Gasteiger partial charge in [0.1, 0.15) is 5.75 Å². The Morgan fingerprint density at radius 3 is 2.60 bits per heavy atom. The Morgan fingerprint density at radius 1 is 1.25 bits per heavy atom. The van der Waals surface area contributed by atoms with Crippen LogP contribution in [-0.2, 0) is 0 Å². The standard InChI is InChI=1S/C15H16N2O3/c1-10-4-3-5-11(8-10)15(16)13-9-12(17(18)19)6-7-14(13)20-2/h3-9,15H,16H2,1-2H3. The zero-order valence-corrected chi connectivity index (χ0v) is 11.4. The fourth-order valence-corrected chi connectivity index (χ4v) is 2.12. The van der Waals surface area contributed by atoms with Crippen LogP contribution in [0.25, 0.3) is 0 Å². The second-order valence-corrected chi connectivity index (χ2v) is 4.58. The van der Waals surface area contributed by atoms with Crippen molar-refractivity contribution in [2.24, 2.45) is 5.73 Å².